The normalized spacial score (nSPS) is 25.4. The van der Waals surface area contributed by atoms with Crippen LogP contribution in [0.15, 0.2) is 28.7 Å². The van der Waals surface area contributed by atoms with E-state index in [0.717, 1.165) is 10.0 Å². The van der Waals surface area contributed by atoms with Crippen LogP contribution < -0.4 is 0 Å². The highest BCUT2D eigenvalue weighted by atomic mass is 79.9. The number of sulfonamides is 1. The zero-order chi connectivity index (χ0) is 14.0. The number of rotatable bonds is 3. The molecular weight excluding hydrogens is 330 g/mol. The van der Waals surface area contributed by atoms with Crippen LogP contribution in [0.1, 0.15) is 19.4 Å². The molecular formula is C13H18BrNO3S. The van der Waals surface area contributed by atoms with Gasteiger partial charge in [0.1, 0.15) is 0 Å². The Hall–Kier alpha value is -0.430. The number of hydrogen-bond acceptors (Lipinski definition) is 3. The number of nitrogens with zero attached hydrogens (tertiary/aromatic N) is 1. The lowest BCUT2D eigenvalue weighted by atomic mass is 10.2. The number of ether oxygens (including phenoxy) is 1. The third-order valence-electron chi connectivity index (χ3n) is 3.04. The fraction of sp³-hybridized carbons (Fsp3) is 0.538. The van der Waals surface area contributed by atoms with E-state index >= 15 is 0 Å². The van der Waals surface area contributed by atoms with Crippen molar-refractivity contribution in [2.24, 2.45) is 0 Å². The Kier molecular flexibility index (Phi) is 4.66. The van der Waals surface area contributed by atoms with E-state index in [1.54, 1.807) is 0 Å². The predicted molar refractivity (Wildman–Crippen MR) is 78.3 cm³/mol. The second-order valence-electron chi connectivity index (χ2n) is 4.96. The van der Waals surface area contributed by atoms with Gasteiger partial charge in [-0.3, -0.25) is 0 Å². The lowest BCUT2D eigenvalue weighted by Crippen LogP contribution is -2.48. The monoisotopic (exact) mass is 347 g/mol. The minimum Gasteiger partial charge on any atom is -0.373 e. The van der Waals surface area contributed by atoms with Crippen LogP contribution in [-0.2, 0) is 20.5 Å². The van der Waals surface area contributed by atoms with Crippen LogP contribution in [0.25, 0.3) is 0 Å². The van der Waals surface area contributed by atoms with Gasteiger partial charge < -0.3 is 4.74 Å². The lowest BCUT2D eigenvalue weighted by molar-refractivity contribution is -0.0441. The summed E-state index contributed by atoms with van der Waals surface area (Å²) in [5.41, 5.74) is 0.801. The molecule has 0 amide bonds. The van der Waals surface area contributed by atoms with Crippen LogP contribution in [0.2, 0.25) is 0 Å². The van der Waals surface area contributed by atoms with Gasteiger partial charge in [-0.1, -0.05) is 28.1 Å². The van der Waals surface area contributed by atoms with E-state index < -0.39 is 10.0 Å². The molecule has 1 aliphatic rings. The number of morpholine rings is 1. The fourth-order valence-corrected chi connectivity index (χ4v) is 4.18. The summed E-state index contributed by atoms with van der Waals surface area (Å²) < 4.78 is 32.8. The third-order valence-corrected chi connectivity index (χ3v) is 5.35. The molecule has 0 spiro atoms. The molecule has 2 rings (SSSR count). The average molecular weight is 348 g/mol. The van der Waals surface area contributed by atoms with E-state index in [2.05, 4.69) is 15.9 Å². The molecule has 0 radical (unpaired) electrons. The van der Waals surface area contributed by atoms with Gasteiger partial charge in [-0.2, -0.15) is 4.31 Å². The van der Waals surface area contributed by atoms with Gasteiger partial charge in [0, 0.05) is 17.6 Å². The molecule has 1 heterocycles. The molecule has 1 fully saturated rings. The van der Waals surface area contributed by atoms with Crippen molar-refractivity contribution in [1.29, 1.82) is 0 Å². The molecule has 106 valence electrons. The van der Waals surface area contributed by atoms with Crippen molar-refractivity contribution in [1.82, 2.24) is 4.31 Å². The van der Waals surface area contributed by atoms with Crippen molar-refractivity contribution in [2.75, 3.05) is 13.1 Å². The summed E-state index contributed by atoms with van der Waals surface area (Å²) in [6, 6.07) is 7.37. The van der Waals surface area contributed by atoms with Crippen LogP contribution in [-0.4, -0.2) is 38.0 Å². The molecule has 2 atom stereocenters. The first-order valence-electron chi connectivity index (χ1n) is 6.24. The molecule has 1 aromatic rings. The average Bonchev–Trinajstić information content (AvgIpc) is 2.31. The van der Waals surface area contributed by atoms with Crippen molar-refractivity contribution in [2.45, 2.75) is 31.8 Å². The number of halogens is 1. The van der Waals surface area contributed by atoms with Crippen LogP contribution in [0, 0.1) is 0 Å². The fourth-order valence-electron chi connectivity index (χ4n) is 2.24. The van der Waals surface area contributed by atoms with Gasteiger partial charge in [0.2, 0.25) is 10.0 Å². The first-order chi connectivity index (χ1) is 8.87. The van der Waals surface area contributed by atoms with Gasteiger partial charge in [0.25, 0.3) is 0 Å². The molecule has 4 nitrogen and oxygen atoms in total. The maximum absolute atomic E-state index is 12.4. The van der Waals surface area contributed by atoms with Crippen LogP contribution in [0.3, 0.4) is 0 Å². The zero-order valence-electron chi connectivity index (χ0n) is 11.0. The third kappa shape index (κ3) is 4.02. The highest BCUT2D eigenvalue weighted by molar-refractivity contribution is 9.10. The predicted octanol–water partition coefficient (Wildman–Crippen LogP) is 2.39. The summed E-state index contributed by atoms with van der Waals surface area (Å²) in [6.45, 7) is 4.67. The Morgan fingerprint density at radius 2 is 1.74 bits per heavy atom. The van der Waals surface area contributed by atoms with Gasteiger partial charge in [-0.15, -0.1) is 0 Å². The van der Waals surface area contributed by atoms with Crippen molar-refractivity contribution in [3.8, 4) is 0 Å². The Morgan fingerprint density at radius 3 is 2.26 bits per heavy atom. The topological polar surface area (TPSA) is 46.6 Å². The highest BCUT2D eigenvalue weighted by Gasteiger charge is 2.30. The summed E-state index contributed by atoms with van der Waals surface area (Å²) >= 11 is 3.34. The molecule has 6 heteroatoms. The smallest absolute Gasteiger partial charge is 0.218 e. The molecule has 0 aromatic heterocycles. The second kappa shape index (κ2) is 5.91. The number of hydrogen-bond donors (Lipinski definition) is 0. The summed E-state index contributed by atoms with van der Waals surface area (Å²) in [6.07, 6.45) is -0.105. The summed E-state index contributed by atoms with van der Waals surface area (Å²) in [5, 5.41) is 0. The minimum absolute atomic E-state index is 0.0414. The lowest BCUT2D eigenvalue weighted by Gasteiger charge is -2.34. The molecule has 0 aliphatic carbocycles. The Bertz CT molecular complexity index is 519. The number of benzene rings is 1. The first-order valence-corrected chi connectivity index (χ1v) is 8.65. The summed E-state index contributed by atoms with van der Waals surface area (Å²) in [4.78, 5) is 0. The van der Waals surface area contributed by atoms with Gasteiger partial charge in [-0.25, -0.2) is 8.42 Å². The van der Waals surface area contributed by atoms with Crippen LogP contribution in [0.4, 0.5) is 0 Å². The minimum atomic E-state index is -3.28. The second-order valence-corrected chi connectivity index (χ2v) is 7.84. The molecule has 0 bridgehead atoms. The van der Waals surface area contributed by atoms with E-state index in [9.17, 15) is 8.42 Å². The molecule has 2 unspecified atom stereocenters. The Balaban J connectivity index is 2.11. The first kappa shape index (κ1) is 15.0. The molecule has 1 saturated heterocycles. The maximum atomic E-state index is 12.4. The maximum Gasteiger partial charge on any atom is 0.218 e. The summed E-state index contributed by atoms with van der Waals surface area (Å²) in [7, 11) is -3.28. The molecule has 1 aromatic carbocycles. The standard InChI is InChI=1S/C13H18BrNO3S/c1-10-7-15(8-11(2)18-10)19(16,17)9-12-3-5-13(14)6-4-12/h3-6,10-11H,7-9H2,1-2H3. The van der Waals surface area contributed by atoms with Gasteiger partial charge in [0.15, 0.2) is 0 Å². The van der Waals surface area contributed by atoms with Gasteiger partial charge >= 0.3 is 0 Å². The van der Waals surface area contributed by atoms with Gasteiger partial charge in [-0.05, 0) is 31.5 Å². The summed E-state index contributed by atoms with van der Waals surface area (Å²) in [5.74, 6) is 0.0414. The molecule has 0 saturated carbocycles. The van der Waals surface area contributed by atoms with Gasteiger partial charge in [0.05, 0.1) is 18.0 Å². The van der Waals surface area contributed by atoms with Crippen LogP contribution in [0.5, 0.6) is 0 Å². The van der Waals surface area contributed by atoms with Crippen molar-refractivity contribution in [3.63, 3.8) is 0 Å². The van der Waals surface area contributed by atoms with E-state index in [0.29, 0.717) is 13.1 Å². The Labute approximate surface area is 122 Å². The van der Waals surface area contributed by atoms with E-state index in [1.165, 1.54) is 4.31 Å². The van der Waals surface area contributed by atoms with Crippen molar-refractivity contribution in [3.05, 3.63) is 34.3 Å². The van der Waals surface area contributed by atoms with E-state index in [4.69, 9.17) is 4.74 Å². The molecule has 19 heavy (non-hydrogen) atoms. The van der Waals surface area contributed by atoms with Crippen molar-refractivity contribution < 1.29 is 13.2 Å². The molecule has 1 aliphatic heterocycles. The van der Waals surface area contributed by atoms with E-state index in [-0.39, 0.29) is 18.0 Å². The van der Waals surface area contributed by atoms with Crippen molar-refractivity contribution >= 4 is 26.0 Å². The highest BCUT2D eigenvalue weighted by Crippen LogP contribution is 2.19. The zero-order valence-corrected chi connectivity index (χ0v) is 13.4. The quantitative estimate of drug-likeness (QED) is 0.843. The largest absolute Gasteiger partial charge is 0.373 e. The SMILES string of the molecule is CC1CN(S(=O)(=O)Cc2ccc(Br)cc2)CC(C)O1. The van der Waals surface area contributed by atoms with E-state index in [1.807, 2.05) is 38.1 Å². The molecule has 0 N–H and O–H groups in total. The Morgan fingerprint density at radius 1 is 1.21 bits per heavy atom. The van der Waals surface area contributed by atoms with Crippen LogP contribution >= 0.6 is 15.9 Å².